The van der Waals surface area contributed by atoms with Gasteiger partial charge in [0.15, 0.2) is 0 Å². The minimum Gasteiger partial charge on any atom is -0.359 e. The van der Waals surface area contributed by atoms with Crippen molar-refractivity contribution in [1.29, 1.82) is 0 Å². The Morgan fingerprint density at radius 3 is 2.25 bits per heavy atom. The van der Waals surface area contributed by atoms with Gasteiger partial charge in [-0.1, -0.05) is 20.8 Å². The van der Waals surface area contributed by atoms with Crippen molar-refractivity contribution in [2.45, 2.75) is 27.2 Å². The Balaban J connectivity index is 4.03. The van der Waals surface area contributed by atoms with Gasteiger partial charge in [0, 0.05) is 25.4 Å². The lowest BCUT2D eigenvalue weighted by molar-refractivity contribution is -0.126. The molecular weight excluding hydrogens is 204 g/mol. The Kier molecular flexibility index (Phi) is 6.97. The fourth-order valence-electron chi connectivity index (χ4n) is 1.51. The van der Waals surface area contributed by atoms with E-state index in [1.807, 2.05) is 32.7 Å². The average molecular weight is 228 g/mol. The summed E-state index contributed by atoms with van der Waals surface area (Å²) in [5, 5.41) is 2.61. The third-order valence-electron chi connectivity index (χ3n) is 2.87. The number of carbonyl (C=O) groups excluding carboxylic acids is 2. The zero-order valence-corrected chi connectivity index (χ0v) is 11.0. The molecule has 0 heterocycles. The summed E-state index contributed by atoms with van der Waals surface area (Å²) in [7, 11) is 3.50. The van der Waals surface area contributed by atoms with E-state index in [4.69, 9.17) is 0 Å². The lowest BCUT2D eigenvalue weighted by Crippen LogP contribution is -2.37. The van der Waals surface area contributed by atoms with Gasteiger partial charge in [0.25, 0.3) is 0 Å². The molecule has 4 heteroatoms. The van der Waals surface area contributed by atoms with E-state index in [1.165, 1.54) is 0 Å². The molecule has 4 nitrogen and oxygen atoms in total. The van der Waals surface area contributed by atoms with Crippen LogP contribution in [0.3, 0.4) is 0 Å². The highest BCUT2D eigenvalue weighted by molar-refractivity contribution is 5.82. The van der Waals surface area contributed by atoms with E-state index in [-0.39, 0.29) is 23.5 Å². The minimum atomic E-state index is -0.0836. The zero-order chi connectivity index (χ0) is 12.7. The predicted molar refractivity (Wildman–Crippen MR) is 65.2 cm³/mol. The number of hydrogen-bond acceptors (Lipinski definition) is 3. The first-order valence-electron chi connectivity index (χ1n) is 5.85. The third-order valence-corrected chi connectivity index (χ3v) is 2.87. The fraction of sp³-hybridized carbons (Fsp3) is 0.833. The van der Waals surface area contributed by atoms with Gasteiger partial charge in [0.2, 0.25) is 5.91 Å². The normalized spacial score (nSPS) is 14.6. The van der Waals surface area contributed by atoms with Gasteiger partial charge in [0.05, 0.1) is 6.54 Å². The van der Waals surface area contributed by atoms with Crippen LogP contribution in [0.4, 0.5) is 0 Å². The molecule has 2 atom stereocenters. The SMILES string of the molecule is CCC(C)C(=O)CN(C)CC(C)C(=O)NC. The van der Waals surface area contributed by atoms with E-state index in [9.17, 15) is 9.59 Å². The van der Waals surface area contributed by atoms with Crippen molar-refractivity contribution in [1.82, 2.24) is 10.2 Å². The monoisotopic (exact) mass is 228 g/mol. The first kappa shape index (κ1) is 15.1. The first-order chi connectivity index (χ1) is 7.42. The highest BCUT2D eigenvalue weighted by Gasteiger charge is 2.17. The summed E-state index contributed by atoms with van der Waals surface area (Å²) in [5.41, 5.74) is 0. The van der Waals surface area contributed by atoms with Gasteiger partial charge in [-0.05, 0) is 13.5 Å². The minimum absolute atomic E-state index is 0.0165. The van der Waals surface area contributed by atoms with Crippen LogP contribution in [0, 0.1) is 11.8 Å². The molecule has 0 saturated carbocycles. The lowest BCUT2D eigenvalue weighted by Gasteiger charge is -2.21. The van der Waals surface area contributed by atoms with Crippen molar-refractivity contribution < 1.29 is 9.59 Å². The number of rotatable bonds is 7. The molecule has 0 saturated heterocycles. The fourth-order valence-corrected chi connectivity index (χ4v) is 1.51. The smallest absolute Gasteiger partial charge is 0.223 e. The molecule has 16 heavy (non-hydrogen) atoms. The van der Waals surface area contributed by atoms with Crippen LogP contribution < -0.4 is 5.32 Å². The zero-order valence-electron chi connectivity index (χ0n) is 11.0. The number of Topliss-reactive ketones (excluding diaryl/α,β-unsaturated/α-hetero) is 1. The van der Waals surface area contributed by atoms with E-state index < -0.39 is 0 Å². The summed E-state index contributed by atoms with van der Waals surface area (Å²) >= 11 is 0. The van der Waals surface area contributed by atoms with Crippen molar-refractivity contribution in [3.05, 3.63) is 0 Å². The summed E-state index contributed by atoms with van der Waals surface area (Å²) in [4.78, 5) is 24.9. The van der Waals surface area contributed by atoms with Gasteiger partial charge >= 0.3 is 0 Å². The Bertz CT molecular complexity index is 241. The predicted octanol–water partition coefficient (Wildman–Crippen LogP) is 0.916. The van der Waals surface area contributed by atoms with Gasteiger partial charge in [0.1, 0.15) is 5.78 Å². The molecule has 0 rings (SSSR count). The Hall–Kier alpha value is -0.900. The van der Waals surface area contributed by atoms with Gasteiger partial charge < -0.3 is 5.32 Å². The molecule has 0 aromatic carbocycles. The average Bonchev–Trinajstić information content (AvgIpc) is 2.26. The lowest BCUT2D eigenvalue weighted by atomic mass is 10.0. The summed E-state index contributed by atoms with van der Waals surface area (Å²) < 4.78 is 0. The van der Waals surface area contributed by atoms with E-state index in [1.54, 1.807) is 7.05 Å². The van der Waals surface area contributed by atoms with Crippen LogP contribution in [0.2, 0.25) is 0 Å². The third kappa shape index (κ3) is 5.26. The maximum atomic E-state index is 11.7. The van der Waals surface area contributed by atoms with Crippen molar-refractivity contribution in [2.24, 2.45) is 11.8 Å². The molecule has 0 aliphatic carbocycles. The van der Waals surface area contributed by atoms with Crippen LogP contribution in [-0.4, -0.2) is 43.8 Å². The number of carbonyl (C=O) groups is 2. The highest BCUT2D eigenvalue weighted by atomic mass is 16.2. The molecule has 0 radical (unpaired) electrons. The van der Waals surface area contributed by atoms with Crippen molar-refractivity contribution in [3.63, 3.8) is 0 Å². The first-order valence-corrected chi connectivity index (χ1v) is 5.85. The molecule has 1 amide bonds. The largest absolute Gasteiger partial charge is 0.359 e. The maximum absolute atomic E-state index is 11.7. The number of amides is 1. The molecule has 2 unspecified atom stereocenters. The second kappa shape index (κ2) is 7.39. The quantitative estimate of drug-likeness (QED) is 0.705. The summed E-state index contributed by atoms with van der Waals surface area (Å²) in [5.74, 6) is 0.287. The molecule has 0 aromatic heterocycles. The molecule has 0 bridgehead atoms. The Morgan fingerprint density at radius 1 is 1.25 bits per heavy atom. The molecule has 0 fully saturated rings. The second-order valence-electron chi connectivity index (χ2n) is 4.49. The topological polar surface area (TPSA) is 49.4 Å². The number of nitrogens with one attached hydrogen (secondary N) is 1. The van der Waals surface area contributed by atoms with Crippen LogP contribution in [0.25, 0.3) is 0 Å². The maximum Gasteiger partial charge on any atom is 0.223 e. The van der Waals surface area contributed by atoms with Crippen molar-refractivity contribution in [3.8, 4) is 0 Å². The molecule has 0 spiro atoms. The number of nitrogens with zero attached hydrogens (tertiary/aromatic N) is 1. The van der Waals surface area contributed by atoms with Crippen LogP contribution in [-0.2, 0) is 9.59 Å². The van der Waals surface area contributed by atoms with Crippen molar-refractivity contribution in [2.75, 3.05) is 27.2 Å². The molecule has 94 valence electrons. The molecule has 1 N–H and O–H groups in total. The van der Waals surface area contributed by atoms with Gasteiger partial charge in [-0.2, -0.15) is 0 Å². The van der Waals surface area contributed by atoms with Gasteiger partial charge in [-0.3, -0.25) is 14.5 Å². The number of ketones is 1. The summed E-state index contributed by atoms with van der Waals surface area (Å²) in [6.07, 6.45) is 0.873. The summed E-state index contributed by atoms with van der Waals surface area (Å²) in [6.45, 7) is 6.86. The van der Waals surface area contributed by atoms with E-state index in [0.29, 0.717) is 13.1 Å². The molecule has 0 aliphatic heterocycles. The van der Waals surface area contributed by atoms with Crippen LogP contribution >= 0.6 is 0 Å². The van der Waals surface area contributed by atoms with E-state index in [0.717, 1.165) is 6.42 Å². The van der Waals surface area contributed by atoms with Gasteiger partial charge in [-0.25, -0.2) is 0 Å². The number of hydrogen-bond donors (Lipinski definition) is 1. The van der Waals surface area contributed by atoms with Crippen LogP contribution in [0.5, 0.6) is 0 Å². The van der Waals surface area contributed by atoms with Gasteiger partial charge in [-0.15, -0.1) is 0 Å². The standard InChI is InChI=1S/C12H24N2O2/c1-6-9(2)11(15)8-14(5)7-10(3)12(16)13-4/h9-10H,6-8H2,1-5H3,(H,13,16). The van der Waals surface area contributed by atoms with E-state index >= 15 is 0 Å². The second-order valence-corrected chi connectivity index (χ2v) is 4.49. The van der Waals surface area contributed by atoms with Crippen LogP contribution in [0.1, 0.15) is 27.2 Å². The van der Waals surface area contributed by atoms with E-state index in [2.05, 4.69) is 5.32 Å². The molecule has 0 aliphatic rings. The number of likely N-dealkylation sites (N-methyl/N-ethyl adjacent to an activating group) is 1. The van der Waals surface area contributed by atoms with Crippen molar-refractivity contribution >= 4 is 11.7 Å². The highest BCUT2D eigenvalue weighted by Crippen LogP contribution is 2.04. The Labute approximate surface area is 98.4 Å². The molecular formula is C12H24N2O2. The summed E-state index contributed by atoms with van der Waals surface area (Å²) in [6, 6.07) is 0. The molecule has 0 aromatic rings. The Morgan fingerprint density at radius 2 is 1.81 bits per heavy atom. The van der Waals surface area contributed by atoms with Crippen LogP contribution in [0.15, 0.2) is 0 Å².